The summed E-state index contributed by atoms with van der Waals surface area (Å²) in [7, 11) is 0. The monoisotopic (exact) mass is 290 g/mol. The van der Waals surface area contributed by atoms with Crippen LogP contribution in [-0.2, 0) is 0 Å². The van der Waals surface area contributed by atoms with Crippen LogP contribution < -0.4 is 0 Å². The highest BCUT2D eigenvalue weighted by molar-refractivity contribution is 5.97. The zero-order chi connectivity index (χ0) is 15.1. The molecule has 0 spiro atoms. The number of nitrogens with one attached hydrogen (secondary N) is 1. The lowest BCUT2D eigenvalue weighted by molar-refractivity contribution is 0.0684. The lowest BCUT2D eigenvalue weighted by atomic mass is 10.0. The molecule has 22 heavy (non-hydrogen) atoms. The van der Waals surface area contributed by atoms with Crippen molar-refractivity contribution in [2.75, 3.05) is 0 Å². The van der Waals surface area contributed by atoms with Crippen molar-refractivity contribution in [1.82, 2.24) is 20.2 Å². The second-order valence-corrected chi connectivity index (χ2v) is 4.89. The van der Waals surface area contributed by atoms with Crippen molar-refractivity contribution in [3.05, 3.63) is 54.5 Å². The largest absolute Gasteiger partial charge is 0.475 e. The SMILES string of the molecule is O=C(O)c1nc(-c2ccc3[nH]ncc3c2)c2ccccc2n1. The van der Waals surface area contributed by atoms with Gasteiger partial charge in [-0.05, 0) is 18.2 Å². The number of aromatic nitrogens is 4. The van der Waals surface area contributed by atoms with Gasteiger partial charge in [0, 0.05) is 16.3 Å². The molecule has 106 valence electrons. The Balaban J connectivity index is 2.05. The number of H-pyrrole nitrogens is 1. The molecule has 0 aliphatic heterocycles. The number of carboxylic acid groups (broad SMARTS) is 1. The molecule has 0 atom stereocenters. The maximum Gasteiger partial charge on any atom is 0.373 e. The number of carboxylic acids is 1. The molecule has 0 bridgehead atoms. The number of hydrogen-bond donors (Lipinski definition) is 2. The highest BCUT2D eigenvalue weighted by atomic mass is 16.4. The molecule has 2 aromatic carbocycles. The summed E-state index contributed by atoms with van der Waals surface area (Å²) in [6, 6.07) is 13.1. The fourth-order valence-corrected chi connectivity index (χ4v) is 2.48. The lowest BCUT2D eigenvalue weighted by Crippen LogP contribution is -2.05. The molecule has 2 aromatic heterocycles. The van der Waals surface area contributed by atoms with Crippen molar-refractivity contribution < 1.29 is 9.90 Å². The summed E-state index contributed by atoms with van der Waals surface area (Å²) < 4.78 is 0. The highest BCUT2D eigenvalue weighted by Gasteiger charge is 2.14. The van der Waals surface area contributed by atoms with Crippen LogP contribution in [0.3, 0.4) is 0 Å². The third kappa shape index (κ3) is 1.89. The average molecular weight is 290 g/mol. The molecule has 0 saturated heterocycles. The van der Waals surface area contributed by atoms with Gasteiger partial charge in [-0.2, -0.15) is 5.10 Å². The Morgan fingerprint density at radius 3 is 2.82 bits per heavy atom. The van der Waals surface area contributed by atoms with Crippen molar-refractivity contribution in [2.45, 2.75) is 0 Å². The van der Waals surface area contributed by atoms with Crippen LogP contribution in [0.2, 0.25) is 0 Å². The number of aromatic amines is 1. The Bertz CT molecular complexity index is 1020. The molecule has 6 nitrogen and oxygen atoms in total. The van der Waals surface area contributed by atoms with Gasteiger partial charge in [0.1, 0.15) is 0 Å². The van der Waals surface area contributed by atoms with Gasteiger partial charge in [-0.25, -0.2) is 14.8 Å². The Morgan fingerprint density at radius 2 is 1.95 bits per heavy atom. The van der Waals surface area contributed by atoms with Crippen LogP contribution in [0.1, 0.15) is 10.6 Å². The van der Waals surface area contributed by atoms with Gasteiger partial charge in [0.15, 0.2) is 0 Å². The van der Waals surface area contributed by atoms with E-state index in [0.29, 0.717) is 11.2 Å². The number of hydrogen-bond acceptors (Lipinski definition) is 4. The van der Waals surface area contributed by atoms with Gasteiger partial charge in [0.25, 0.3) is 0 Å². The summed E-state index contributed by atoms with van der Waals surface area (Å²) in [5.74, 6) is -1.35. The summed E-state index contributed by atoms with van der Waals surface area (Å²) in [5.41, 5.74) is 2.96. The minimum Gasteiger partial charge on any atom is -0.475 e. The van der Waals surface area contributed by atoms with Crippen LogP contribution >= 0.6 is 0 Å². The number of benzene rings is 2. The van der Waals surface area contributed by atoms with E-state index < -0.39 is 5.97 Å². The quantitative estimate of drug-likeness (QED) is 0.592. The van der Waals surface area contributed by atoms with E-state index in [4.69, 9.17) is 0 Å². The summed E-state index contributed by atoms with van der Waals surface area (Å²) >= 11 is 0. The van der Waals surface area contributed by atoms with Crippen molar-refractivity contribution in [2.24, 2.45) is 0 Å². The molecule has 6 heteroatoms. The number of rotatable bonds is 2. The normalized spacial score (nSPS) is 11.1. The van der Waals surface area contributed by atoms with Gasteiger partial charge in [0.2, 0.25) is 5.82 Å². The molecule has 4 aromatic rings. The second kappa shape index (κ2) is 4.63. The maximum atomic E-state index is 11.3. The first-order valence-corrected chi connectivity index (χ1v) is 6.66. The zero-order valence-electron chi connectivity index (χ0n) is 11.3. The number of para-hydroxylation sites is 1. The van der Waals surface area contributed by atoms with E-state index in [1.165, 1.54) is 0 Å². The van der Waals surface area contributed by atoms with E-state index in [1.807, 2.05) is 36.4 Å². The third-order valence-corrected chi connectivity index (χ3v) is 3.51. The predicted molar refractivity (Wildman–Crippen MR) is 81.6 cm³/mol. The minimum atomic E-state index is -1.14. The van der Waals surface area contributed by atoms with Gasteiger partial charge >= 0.3 is 5.97 Å². The fourth-order valence-electron chi connectivity index (χ4n) is 2.48. The van der Waals surface area contributed by atoms with E-state index in [0.717, 1.165) is 21.9 Å². The molecule has 2 N–H and O–H groups in total. The lowest BCUT2D eigenvalue weighted by Gasteiger charge is -2.07. The molecule has 4 rings (SSSR count). The standard InChI is InChI=1S/C16H10N4O2/c21-16(22)15-18-13-4-2-1-3-11(13)14(19-15)9-5-6-12-10(7-9)8-17-20-12/h1-8H,(H,17,20)(H,21,22). The van der Waals surface area contributed by atoms with E-state index in [1.54, 1.807) is 12.3 Å². The smallest absolute Gasteiger partial charge is 0.373 e. The van der Waals surface area contributed by atoms with Gasteiger partial charge in [0.05, 0.1) is 22.9 Å². The third-order valence-electron chi connectivity index (χ3n) is 3.51. The van der Waals surface area contributed by atoms with Crippen LogP contribution in [0.15, 0.2) is 48.7 Å². The van der Waals surface area contributed by atoms with Crippen LogP contribution in [0.4, 0.5) is 0 Å². The van der Waals surface area contributed by atoms with Crippen molar-refractivity contribution >= 4 is 27.8 Å². The van der Waals surface area contributed by atoms with Crippen molar-refractivity contribution in [3.63, 3.8) is 0 Å². The van der Waals surface area contributed by atoms with Crippen molar-refractivity contribution in [3.8, 4) is 11.3 Å². The van der Waals surface area contributed by atoms with Crippen LogP contribution in [0.5, 0.6) is 0 Å². The molecule has 0 saturated carbocycles. The summed E-state index contributed by atoms with van der Waals surface area (Å²) in [6.07, 6.45) is 1.72. The molecule has 0 aliphatic carbocycles. The Kier molecular flexibility index (Phi) is 2.62. The van der Waals surface area contributed by atoms with Crippen LogP contribution in [-0.4, -0.2) is 31.2 Å². The summed E-state index contributed by atoms with van der Waals surface area (Å²) in [6.45, 7) is 0. The predicted octanol–water partition coefficient (Wildman–Crippen LogP) is 2.87. The molecular weight excluding hydrogens is 280 g/mol. The van der Waals surface area contributed by atoms with Crippen molar-refractivity contribution in [1.29, 1.82) is 0 Å². The van der Waals surface area contributed by atoms with Crippen LogP contribution in [0, 0.1) is 0 Å². The molecule has 0 fully saturated rings. The van der Waals surface area contributed by atoms with E-state index in [2.05, 4.69) is 20.2 Å². The number of aromatic carboxylic acids is 1. The first-order chi connectivity index (χ1) is 10.7. The van der Waals surface area contributed by atoms with Gasteiger partial charge in [-0.1, -0.05) is 24.3 Å². The summed E-state index contributed by atoms with van der Waals surface area (Å²) in [5, 5.41) is 17.9. The van der Waals surface area contributed by atoms with Crippen LogP contribution in [0.25, 0.3) is 33.1 Å². The maximum absolute atomic E-state index is 11.3. The molecule has 0 unspecified atom stereocenters. The topological polar surface area (TPSA) is 91.8 Å². The van der Waals surface area contributed by atoms with E-state index in [-0.39, 0.29) is 5.82 Å². The summed E-state index contributed by atoms with van der Waals surface area (Å²) in [4.78, 5) is 19.6. The average Bonchev–Trinajstić information content (AvgIpc) is 3.01. The molecule has 0 radical (unpaired) electrons. The molecular formula is C16H10N4O2. The minimum absolute atomic E-state index is 0.207. The first-order valence-electron chi connectivity index (χ1n) is 6.66. The molecule has 2 heterocycles. The van der Waals surface area contributed by atoms with Gasteiger partial charge < -0.3 is 5.11 Å². The van der Waals surface area contributed by atoms with E-state index in [9.17, 15) is 9.90 Å². The fraction of sp³-hybridized carbons (Fsp3) is 0. The highest BCUT2D eigenvalue weighted by Crippen LogP contribution is 2.28. The second-order valence-electron chi connectivity index (χ2n) is 4.89. The van der Waals surface area contributed by atoms with Gasteiger partial charge in [-0.3, -0.25) is 5.10 Å². The first kappa shape index (κ1) is 12.5. The Morgan fingerprint density at radius 1 is 1.09 bits per heavy atom. The van der Waals surface area contributed by atoms with E-state index >= 15 is 0 Å². The number of carbonyl (C=O) groups is 1. The number of fused-ring (bicyclic) bond motifs is 2. The zero-order valence-corrected chi connectivity index (χ0v) is 11.3. The molecule has 0 amide bonds. The van der Waals surface area contributed by atoms with Gasteiger partial charge in [-0.15, -0.1) is 0 Å². The molecule has 0 aliphatic rings. The Hall–Kier alpha value is -3.28. The number of nitrogens with zero attached hydrogens (tertiary/aromatic N) is 3. The Labute approximate surface area is 124 Å².